The second-order valence-corrected chi connectivity index (χ2v) is 4.01. The summed E-state index contributed by atoms with van der Waals surface area (Å²) in [4.78, 5) is 6.67. The summed E-state index contributed by atoms with van der Waals surface area (Å²) in [7, 11) is 0. The molecule has 2 heterocycles. The lowest BCUT2D eigenvalue weighted by atomic mass is 9.94. The SMILES string of the molecule is CC1CCN(C2=NCCN2)CC1N. The van der Waals surface area contributed by atoms with Crippen LogP contribution in [0.4, 0.5) is 0 Å². The highest BCUT2D eigenvalue weighted by Gasteiger charge is 2.25. The third-order valence-corrected chi connectivity index (χ3v) is 2.97. The number of piperidine rings is 1. The molecule has 1 saturated heterocycles. The van der Waals surface area contributed by atoms with Crippen LogP contribution in [0.3, 0.4) is 0 Å². The molecule has 2 aliphatic heterocycles. The number of hydrogen-bond donors (Lipinski definition) is 2. The molecule has 4 nitrogen and oxygen atoms in total. The monoisotopic (exact) mass is 182 g/mol. The minimum atomic E-state index is 0.304. The van der Waals surface area contributed by atoms with E-state index in [1.54, 1.807) is 0 Å². The largest absolute Gasteiger partial charge is 0.354 e. The molecule has 2 atom stereocenters. The normalized spacial score (nSPS) is 34.3. The number of nitrogens with zero attached hydrogens (tertiary/aromatic N) is 2. The Bertz CT molecular complexity index is 214. The summed E-state index contributed by atoms with van der Waals surface area (Å²) in [5.74, 6) is 1.71. The van der Waals surface area contributed by atoms with Crippen LogP contribution >= 0.6 is 0 Å². The van der Waals surface area contributed by atoms with Gasteiger partial charge in [0.1, 0.15) is 0 Å². The zero-order valence-electron chi connectivity index (χ0n) is 8.16. The van der Waals surface area contributed by atoms with Gasteiger partial charge >= 0.3 is 0 Å². The van der Waals surface area contributed by atoms with E-state index in [0.717, 1.165) is 32.1 Å². The molecular weight excluding hydrogens is 164 g/mol. The molecule has 74 valence electrons. The molecule has 4 heteroatoms. The van der Waals surface area contributed by atoms with E-state index in [-0.39, 0.29) is 0 Å². The Morgan fingerprint density at radius 1 is 1.62 bits per heavy atom. The fourth-order valence-corrected chi connectivity index (χ4v) is 1.89. The van der Waals surface area contributed by atoms with Crippen LogP contribution in [0.1, 0.15) is 13.3 Å². The third-order valence-electron chi connectivity index (χ3n) is 2.97. The van der Waals surface area contributed by atoms with Gasteiger partial charge in [0.25, 0.3) is 0 Å². The number of nitrogens with one attached hydrogen (secondary N) is 1. The molecule has 0 radical (unpaired) electrons. The van der Waals surface area contributed by atoms with Gasteiger partial charge in [0.15, 0.2) is 5.96 Å². The zero-order valence-corrected chi connectivity index (χ0v) is 8.16. The van der Waals surface area contributed by atoms with Gasteiger partial charge in [0.2, 0.25) is 0 Å². The second kappa shape index (κ2) is 3.54. The molecule has 1 fully saturated rings. The van der Waals surface area contributed by atoms with Crippen LogP contribution in [0.25, 0.3) is 0 Å². The highest BCUT2D eigenvalue weighted by Crippen LogP contribution is 2.15. The quantitative estimate of drug-likeness (QED) is 0.537. The summed E-state index contributed by atoms with van der Waals surface area (Å²) in [5.41, 5.74) is 6.01. The van der Waals surface area contributed by atoms with Crippen molar-refractivity contribution in [2.75, 3.05) is 26.2 Å². The van der Waals surface area contributed by atoms with Crippen LogP contribution in [0.15, 0.2) is 4.99 Å². The van der Waals surface area contributed by atoms with Crippen molar-refractivity contribution in [1.29, 1.82) is 0 Å². The van der Waals surface area contributed by atoms with Gasteiger partial charge in [-0.15, -0.1) is 0 Å². The first-order valence-electron chi connectivity index (χ1n) is 5.06. The number of likely N-dealkylation sites (tertiary alicyclic amines) is 1. The van der Waals surface area contributed by atoms with Crippen LogP contribution in [0.5, 0.6) is 0 Å². The Balaban J connectivity index is 1.94. The highest BCUT2D eigenvalue weighted by molar-refractivity contribution is 5.81. The summed E-state index contributed by atoms with van der Waals surface area (Å²) in [6, 6.07) is 0.304. The molecule has 0 aromatic rings. The molecule has 0 aliphatic carbocycles. The standard InChI is InChI=1S/C9H18N4/c1-7-2-5-13(6-8(7)10)9-11-3-4-12-9/h7-8H,2-6,10H2,1H3,(H,11,12). The molecule has 2 unspecified atom stereocenters. The number of hydrogen-bond acceptors (Lipinski definition) is 4. The average Bonchev–Trinajstić information content (AvgIpc) is 2.62. The van der Waals surface area contributed by atoms with E-state index in [9.17, 15) is 0 Å². The molecule has 2 rings (SSSR count). The van der Waals surface area contributed by atoms with E-state index in [4.69, 9.17) is 5.73 Å². The van der Waals surface area contributed by atoms with E-state index in [2.05, 4.69) is 22.1 Å². The van der Waals surface area contributed by atoms with Gasteiger partial charge in [0, 0.05) is 25.7 Å². The molecule has 0 spiro atoms. The molecule has 0 aromatic carbocycles. The molecule has 0 amide bonds. The lowest BCUT2D eigenvalue weighted by Gasteiger charge is -2.36. The van der Waals surface area contributed by atoms with Gasteiger partial charge in [-0.1, -0.05) is 6.92 Å². The first kappa shape index (κ1) is 8.81. The van der Waals surface area contributed by atoms with Gasteiger partial charge in [-0.2, -0.15) is 0 Å². The molecule has 3 N–H and O–H groups in total. The van der Waals surface area contributed by atoms with Crippen molar-refractivity contribution in [3.8, 4) is 0 Å². The minimum absolute atomic E-state index is 0.304. The van der Waals surface area contributed by atoms with Crippen molar-refractivity contribution in [2.24, 2.45) is 16.6 Å². The van der Waals surface area contributed by atoms with Crippen LogP contribution < -0.4 is 11.1 Å². The number of aliphatic imine (C=N–C) groups is 1. The lowest BCUT2D eigenvalue weighted by molar-refractivity contribution is 0.241. The first-order valence-corrected chi connectivity index (χ1v) is 5.06. The Morgan fingerprint density at radius 2 is 2.46 bits per heavy atom. The highest BCUT2D eigenvalue weighted by atomic mass is 15.3. The Morgan fingerprint density at radius 3 is 3.08 bits per heavy atom. The number of rotatable bonds is 0. The summed E-state index contributed by atoms with van der Waals surface area (Å²) in [5, 5.41) is 3.28. The Labute approximate surface area is 79.2 Å². The Hall–Kier alpha value is -0.770. The topological polar surface area (TPSA) is 53.6 Å². The summed E-state index contributed by atoms with van der Waals surface area (Å²) < 4.78 is 0. The molecule has 0 saturated carbocycles. The Kier molecular flexibility index (Phi) is 2.40. The van der Waals surface area contributed by atoms with Gasteiger partial charge < -0.3 is 16.0 Å². The van der Waals surface area contributed by atoms with Crippen LogP contribution in [-0.2, 0) is 0 Å². The lowest BCUT2D eigenvalue weighted by Crippen LogP contribution is -2.52. The summed E-state index contributed by atoms with van der Waals surface area (Å²) in [6.07, 6.45) is 1.18. The number of nitrogens with two attached hydrogens (primary N) is 1. The van der Waals surface area contributed by atoms with Gasteiger partial charge in [-0.3, -0.25) is 4.99 Å². The van der Waals surface area contributed by atoms with E-state index in [0.29, 0.717) is 12.0 Å². The summed E-state index contributed by atoms with van der Waals surface area (Å²) >= 11 is 0. The van der Waals surface area contributed by atoms with Crippen molar-refractivity contribution < 1.29 is 0 Å². The smallest absolute Gasteiger partial charge is 0.194 e. The number of guanidine groups is 1. The van der Waals surface area contributed by atoms with Crippen molar-refractivity contribution >= 4 is 5.96 Å². The predicted molar refractivity (Wildman–Crippen MR) is 53.6 cm³/mol. The van der Waals surface area contributed by atoms with Crippen LogP contribution in [0, 0.1) is 5.92 Å². The van der Waals surface area contributed by atoms with Crippen molar-refractivity contribution in [2.45, 2.75) is 19.4 Å². The molecular formula is C9H18N4. The average molecular weight is 182 g/mol. The maximum atomic E-state index is 6.01. The van der Waals surface area contributed by atoms with E-state index >= 15 is 0 Å². The van der Waals surface area contributed by atoms with E-state index in [1.807, 2.05) is 0 Å². The first-order chi connectivity index (χ1) is 6.27. The zero-order chi connectivity index (χ0) is 9.26. The molecule has 13 heavy (non-hydrogen) atoms. The molecule has 2 aliphatic rings. The van der Waals surface area contributed by atoms with Gasteiger partial charge in [-0.25, -0.2) is 0 Å². The maximum absolute atomic E-state index is 6.01. The van der Waals surface area contributed by atoms with Crippen molar-refractivity contribution in [3.63, 3.8) is 0 Å². The van der Waals surface area contributed by atoms with Gasteiger partial charge in [-0.05, 0) is 12.3 Å². The van der Waals surface area contributed by atoms with Crippen molar-refractivity contribution in [3.05, 3.63) is 0 Å². The fraction of sp³-hybridized carbons (Fsp3) is 0.889. The second-order valence-electron chi connectivity index (χ2n) is 4.01. The fourth-order valence-electron chi connectivity index (χ4n) is 1.89. The van der Waals surface area contributed by atoms with Crippen LogP contribution in [0.2, 0.25) is 0 Å². The minimum Gasteiger partial charge on any atom is -0.354 e. The third kappa shape index (κ3) is 1.77. The molecule has 0 aromatic heterocycles. The van der Waals surface area contributed by atoms with Crippen LogP contribution in [-0.4, -0.2) is 43.1 Å². The maximum Gasteiger partial charge on any atom is 0.194 e. The van der Waals surface area contributed by atoms with Crippen molar-refractivity contribution in [1.82, 2.24) is 10.2 Å². The van der Waals surface area contributed by atoms with Gasteiger partial charge in [0.05, 0.1) is 6.54 Å². The predicted octanol–water partition coefficient (Wildman–Crippen LogP) is -0.385. The molecule has 0 bridgehead atoms. The van der Waals surface area contributed by atoms with E-state index in [1.165, 1.54) is 6.42 Å². The summed E-state index contributed by atoms with van der Waals surface area (Å²) in [6.45, 7) is 6.17. The van der Waals surface area contributed by atoms with E-state index < -0.39 is 0 Å².